The van der Waals surface area contributed by atoms with Crippen molar-refractivity contribution in [2.24, 2.45) is 0 Å². The second-order valence-corrected chi connectivity index (χ2v) is 16.2. The molecule has 0 bridgehead atoms. The topological polar surface area (TPSA) is 63.0 Å². The van der Waals surface area contributed by atoms with E-state index in [1.807, 2.05) is 30.3 Å². The fourth-order valence-corrected chi connectivity index (χ4v) is 11.4. The van der Waals surface area contributed by atoms with E-state index in [4.69, 9.17) is 28.0 Å². The van der Waals surface area contributed by atoms with Crippen LogP contribution in [0.15, 0.2) is 47.6 Å². The van der Waals surface area contributed by atoms with E-state index < -0.39 is 8.32 Å². The molecule has 1 aliphatic heterocycles. The van der Waals surface area contributed by atoms with Crippen molar-refractivity contribution < 1.29 is 23.1 Å². The van der Waals surface area contributed by atoms with Gasteiger partial charge in [0.15, 0.2) is 0 Å². The first-order chi connectivity index (χ1) is 17.2. The Balaban J connectivity index is 1.67. The number of aromatic nitrogens is 1. The maximum absolute atomic E-state index is 7.16. The molecule has 0 spiro atoms. The summed E-state index contributed by atoms with van der Waals surface area (Å²) < 4.78 is 30.4. The molecule has 36 heavy (non-hydrogen) atoms. The number of benzene rings is 1. The van der Waals surface area contributed by atoms with E-state index in [2.05, 4.69) is 48.1 Å². The lowest BCUT2D eigenvalue weighted by Gasteiger charge is -2.47. The van der Waals surface area contributed by atoms with Gasteiger partial charge in [-0.3, -0.25) is 0 Å². The average molecular weight is 516 g/mol. The normalized spacial score (nSPS) is 20.9. The molecule has 6 nitrogen and oxygen atoms in total. The van der Waals surface area contributed by atoms with Crippen LogP contribution in [0, 0.1) is 0 Å². The number of rotatable bonds is 13. The van der Waals surface area contributed by atoms with Gasteiger partial charge in [0.1, 0.15) is 30.4 Å². The standard InChI is InChI=1S/C29H45NO5Si/c1-9-10-25-15-26(35-36(20(2)3,21(4)5)22(6)7)16-28(34-25)27-18-33-29(30-27)19-32-17-23-11-13-24(31-8)14-12-23/h9,11-14,18,20-22,25-26,28H,1,10,15-17,19H2,2-8H3/t25-,26-,28-/m1/s1. The fourth-order valence-electron chi connectivity index (χ4n) is 5.81. The Morgan fingerprint density at radius 3 is 2.28 bits per heavy atom. The number of methoxy groups -OCH3 is 1. The zero-order chi connectivity index (χ0) is 26.3. The maximum atomic E-state index is 7.16. The second kappa shape index (κ2) is 13.0. The zero-order valence-electron chi connectivity index (χ0n) is 23.2. The summed E-state index contributed by atoms with van der Waals surface area (Å²) in [5, 5.41) is 0. The Kier molecular flexibility index (Phi) is 10.4. The highest BCUT2D eigenvalue weighted by atomic mass is 28.4. The Bertz CT molecular complexity index is 918. The molecule has 0 unspecified atom stereocenters. The molecule has 0 radical (unpaired) electrons. The highest BCUT2D eigenvalue weighted by molar-refractivity contribution is 6.77. The van der Waals surface area contributed by atoms with Crippen LogP contribution in [0.3, 0.4) is 0 Å². The predicted octanol–water partition coefficient (Wildman–Crippen LogP) is 7.76. The molecule has 3 atom stereocenters. The molecule has 1 saturated heterocycles. The summed E-state index contributed by atoms with van der Waals surface area (Å²) in [6.45, 7) is 18.7. The van der Waals surface area contributed by atoms with Crippen LogP contribution in [-0.2, 0) is 27.1 Å². The van der Waals surface area contributed by atoms with Gasteiger partial charge in [0, 0.05) is 6.42 Å². The van der Waals surface area contributed by atoms with Crippen LogP contribution in [0.1, 0.15) is 84.1 Å². The number of ether oxygens (including phenoxy) is 3. The van der Waals surface area contributed by atoms with E-state index in [0.29, 0.717) is 35.7 Å². The van der Waals surface area contributed by atoms with Gasteiger partial charge >= 0.3 is 0 Å². The molecule has 0 N–H and O–H groups in total. The number of hydrogen-bond donors (Lipinski definition) is 0. The molecule has 200 valence electrons. The molecule has 0 saturated carbocycles. The van der Waals surface area contributed by atoms with Crippen molar-refractivity contribution in [3.63, 3.8) is 0 Å². The summed E-state index contributed by atoms with van der Waals surface area (Å²) in [6.07, 6.45) is 6.16. The van der Waals surface area contributed by atoms with Crippen molar-refractivity contribution in [3.05, 3.63) is 60.3 Å². The van der Waals surface area contributed by atoms with Crippen LogP contribution in [0.2, 0.25) is 16.6 Å². The molecule has 2 heterocycles. The summed E-state index contributed by atoms with van der Waals surface area (Å²) in [5.41, 5.74) is 3.50. The van der Waals surface area contributed by atoms with Gasteiger partial charge in [0.25, 0.3) is 0 Å². The van der Waals surface area contributed by atoms with Gasteiger partial charge in [0.05, 0.1) is 25.9 Å². The van der Waals surface area contributed by atoms with E-state index in [1.165, 1.54) is 0 Å². The summed E-state index contributed by atoms with van der Waals surface area (Å²) in [6, 6.07) is 7.83. The van der Waals surface area contributed by atoms with Crippen LogP contribution in [0.4, 0.5) is 0 Å². The van der Waals surface area contributed by atoms with Gasteiger partial charge in [-0.25, -0.2) is 4.98 Å². The monoisotopic (exact) mass is 515 g/mol. The molecule has 1 aromatic carbocycles. The smallest absolute Gasteiger partial charge is 0.220 e. The fraction of sp³-hybridized carbons (Fsp3) is 0.621. The molecule has 2 aromatic rings. The van der Waals surface area contributed by atoms with Crippen LogP contribution < -0.4 is 4.74 Å². The van der Waals surface area contributed by atoms with Crippen molar-refractivity contribution in [1.29, 1.82) is 0 Å². The average Bonchev–Trinajstić information content (AvgIpc) is 3.31. The van der Waals surface area contributed by atoms with E-state index in [9.17, 15) is 0 Å². The van der Waals surface area contributed by atoms with Crippen LogP contribution >= 0.6 is 0 Å². The highest BCUT2D eigenvalue weighted by Gasteiger charge is 2.48. The lowest BCUT2D eigenvalue weighted by Crippen LogP contribution is -2.51. The summed E-state index contributed by atoms with van der Waals surface area (Å²) in [7, 11) is -0.342. The Morgan fingerprint density at radius 2 is 1.69 bits per heavy atom. The van der Waals surface area contributed by atoms with Crippen molar-refractivity contribution in [2.45, 2.75) is 109 Å². The quantitative estimate of drug-likeness (QED) is 0.201. The van der Waals surface area contributed by atoms with Crippen molar-refractivity contribution in [1.82, 2.24) is 4.98 Å². The first-order valence-electron chi connectivity index (χ1n) is 13.3. The predicted molar refractivity (Wildman–Crippen MR) is 146 cm³/mol. The van der Waals surface area contributed by atoms with Gasteiger partial charge in [-0.05, 0) is 47.2 Å². The maximum Gasteiger partial charge on any atom is 0.220 e. The molecule has 1 aliphatic rings. The van der Waals surface area contributed by atoms with Crippen molar-refractivity contribution in [2.75, 3.05) is 7.11 Å². The largest absolute Gasteiger partial charge is 0.497 e. The molecular formula is C29H45NO5Si. The second-order valence-electron chi connectivity index (χ2n) is 10.8. The van der Waals surface area contributed by atoms with E-state index in [-0.39, 0.29) is 18.3 Å². The highest BCUT2D eigenvalue weighted by Crippen LogP contribution is 2.45. The molecule has 1 aromatic heterocycles. The Morgan fingerprint density at radius 1 is 1.03 bits per heavy atom. The molecule has 0 aliphatic carbocycles. The van der Waals surface area contributed by atoms with E-state index in [1.54, 1.807) is 13.4 Å². The molecule has 3 rings (SSSR count). The third kappa shape index (κ3) is 6.88. The van der Waals surface area contributed by atoms with Crippen molar-refractivity contribution >= 4 is 8.32 Å². The summed E-state index contributed by atoms with van der Waals surface area (Å²) in [5.74, 6) is 1.39. The minimum absolute atomic E-state index is 0.0657. The number of nitrogens with zero attached hydrogens (tertiary/aromatic N) is 1. The Hall–Kier alpha value is -1.93. The molecular weight excluding hydrogens is 470 g/mol. The van der Waals surface area contributed by atoms with Crippen LogP contribution in [0.5, 0.6) is 5.75 Å². The first kappa shape index (κ1) is 28.6. The van der Waals surface area contributed by atoms with Gasteiger partial charge < -0.3 is 23.1 Å². The van der Waals surface area contributed by atoms with E-state index >= 15 is 0 Å². The van der Waals surface area contributed by atoms with Crippen molar-refractivity contribution in [3.8, 4) is 5.75 Å². The SMILES string of the molecule is C=CC[C@@H]1C[C@@H](O[Si](C(C)C)(C(C)C)C(C)C)C[C@H](c2coc(COCc3ccc(OC)cc3)n2)O1. The van der Waals surface area contributed by atoms with Gasteiger partial charge in [0.2, 0.25) is 14.2 Å². The minimum Gasteiger partial charge on any atom is -0.497 e. The first-order valence-corrected chi connectivity index (χ1v) is 15.4. The lowest BCUT2D eigenvalue weighted by atomic mass is 9.98. The molecule has 7 heteroatoms. The van der Waals surface area contributed by atoms with Crippen LogP contribution in [0.25, 0.3) is 0 Å². The third-order valence-corrected chi connectivity index (χ3v) is 13.6. The number of oxazole rings is 1. The van der Waals surface area contributed by atoms with Gasteiger partial charge in [-0.2, -0.15) is 0 Å². The minimum atomic E-state index is -2.00. The summed E-state index contributed by atoms with van der Waals surface area (Å²) >= 11 is 0. The molecule has 0 amide bonds. The lowest BCUT2D eigenvalue weighted by molar-refractivity contribution is -0.0944. The zero-order valence-corrected chi connectivity index (χ0v) is 24.2. The molecule has 1 fully saturated rings. The van der Waals surface area contributed by atoms with Gasteiger partial charge in [-0.15, -0.1) is 6.58 Å². The number of hydrogen-bond acceptors (Lipinski definition) is 6. The van der Waals surface area contributed by atoms with E-state index in [0.717, 1.165) is 36.3 Å². The summed E-state index contributed by atoms with van der Waals surface area (Å²) in [4.78, 5) is 4.72. The van der Waals surface area contributed by atoms with Crippen LogP contribution in [-0.4, -0.2) is 32.6 Å². The third-order valence-electron chi connectivity index (χ3n) is 7.42. The Labute approximate surface area is 218 Å². The van der Waals surface area contributed by atoms with Gasteiger partial charge in [-0.1, -0.05) is 59.8 Å².